The summed E-state index contributed by atoms with van der Waals surface area (Å²) in [6, 6.07) is -0.334. The third-order valence-electron chi connectivity index (χ3n) is 1.60. The summed E-state index contributed by atoms with van der Waals surface area (Å²) in [6.45, 7) is 5.26. The Kier molecular flexibility index (Phi) is 5.73. The van der Waals surface area contributed by atoms with Gasteiger partial charge in [-0.1, -0.05) is 0 Å². The largest absolute Gasteiger partial charge is 0.362 e. The van der Waals surface area contributed by atoms with Crippen molar-refractivity contribution in [2.45, 2.75) is 32.4 Å². The SMILES string of the molecule is C/C=N/C(=O)N(C(C)S)C(C)OC. The average Bonchev–Trinajstić information content (AvgIpc) is 2.04. The van der Waals surface area contributed by atoms with Gasteiger partial charge in [-0.3, -0.25) is 4.90 Å². The van der Waals surface area contributed by atoms with Gasteiger partial charge in [-0.05, 0) is 20.8 Å². The van der Waals surface area contributed by atoms with Crippen LogP contribution in [0, 0.1) is 0 Å². The maximum atomic E-state index is 11.4. The topological polar surface area (TPSA) is 41.9 Å². The highest BCUT2D eigenvalue weighted by Gasteiger charge is 2.22. The lowest BCUT2D eigenvalue weighted by Crippen LogP contribution is -2.41. The van der Waals surface area contributed by atoms with Crippen LogP contribution < -0.4 is 0 Å². The third-order valence-corrected chi connectivity index (χ3v) is 1.84. The van der Waals surface area contributed by atoms with Crippen LogP contribution in [-0.2, 0) is 4.74 Å². The monoisotopic (exact) mass is 204 g/mol. The van der Waals surface area contributed by atoms with Crippen LogP contribution in [0.1, 0.15) is 20.8 Å². The number of amides is 2. The number of hydrogen-bond acceptors (Lipinski definition) is 3. The van der Waals surface area contributed by atoms with Gasteiger partial charge < -0.3 is 4.74 Å². The molecule has 0 fully saturated rings. The zero-order valence-corrected chi connectivity index (χ0v) is 9.28. The number of rotatable bonds is 3. The molecular weight excluding hydrogens is 188 g/mol. The van der Waals surface area contributed by atoms with E-state index in [4.69, 9.17) is 4.74 Å². The number of methoxy groups -OCH3 is 1. The molecule has 0 N–H and O–H groups in total. The third kappa shape index (κ3) is 3.78. The molecule has 0 saturated carbocycles. The number of nitrogens with zero attached hydrogens (tertiary/aromatic N) is 2. The minimum Gasteiger partial charge on any atom is -0.362 e. The van der Waals surface area contributed by atoms with Crippen molar-refractivity contribution in [3.63, 3.8) is 0 Å². The second-order valence-electron chi connectivity index (χ2n) is 2.54. The van der Waals surface area contributed by atoms with Crippen molar-refractivity contribution in [3.8, 4) is 0 Å². The minimum atomic E-state index is -0.334. The van der Waals surface area contributed by atoms with E-state index in [2.05, 4.69) is 17.6 Å². The lowest BCUT2D eigenvalue weighted by molar-refractivity contribution is 0.00549. The van der Waals surface area contributed by atoms with Crippen molar-refractivity contribution in [2.24, 2.45) is 4.99 Å². The Morgan fingerprint density at radius 3 is 2.46 bits per heavy atom. The fourth-order valence-corrected chi connectivity index (χ4v) is 1.20. The summed E-state index contributed by atoms with van der Waals surface area (Å²) >= 11 is 4.17. The molecule has 2 atom stereocenters. The van der Waals surface area contributed by atoms with Gasteiger partial charge in [0.15, 0.2) is 0 Å². The zero-order valence-electron chi connectivity index (χ0n) is 8.39. The molecule has 13 heavy (non-hydrogen) atoms. The van der Waals surface area contributed by atoms with Gasteiger partial charge in [-0.15, -0.1) is 0 Å². The van der Waals surface area contributed by atoms with Crippen molar-refractivity contribution in [3.05, 3.63) is 0 Å². The summed E-state index contributed by atoms with van der Waals surface area (Å²) in [4.78, 5) is 16.5. The van der Waals surface area contributed by atoms with Crippen LogP contribution >= 0.6 is 12.6 Å². The normalized spacial score (nSPS) is 15.8. The van der Waals surface area contributed by atoms with Gasteiger partial charge in [-0.25, -0.2) is 9.79 Å². The molecule has 76 valence electrons. The Labute approximate surface area is 84.4 Å². The van der Waals surface area contributed by atoms with E-state index in [0.29, 0.717) is 0 Å². The average molecular weight is 204 g/mol. The van der Waals surface area contributed by atoms with Gasteiger partial charge in [0, 0.05) is 13.3 Å². The molecule has 4 nitrogen and oxygen atoms in total. The first kappa shape index (κ1) is 12.4. The Morgan fingerprint density at radius 1 is 1.62 bits per heavy atom. The van der Waals surface area contributed by atoms with Crippen molar-refractivity contribution < 1.29 is 9.53 Å². The van der Waals surface area contributed by atoms with Crippen LogP contribution in [0.2, 0.25) is 0 Å². The van der Waals surface area contributed by atoms with Gasteiger partial charge in [0.1, 0.15) is 6.23 Å². The molecule has 2 unspecified atom stereocenters. The highest BCUT2D eigenvalue weighted by Crippen LogP contribution is 2.10. The van der Waals surface area contributed by atoms with Crippen LogP contribution in [0.5, 0.6) is 0 Å². The summed E-state index contributed by atoms with van der Waals surface area (Å²) in [6.07, 6.45) is 1.14. The fourth-order valence-electron chi connectivity index (χ4n) is 0.910. The summed E-state index contributed by atoms with van der Waals surface area (Å²) in [7, 11) is 1.54. The van der Waals surface area contributed by atoms with E-state index in [1.807, 2.05) is 0 Å². The zero-order chi connectivity index (χ0) is 10.4. The summed E-state index contributed by atoms with van der Waals surface area (Å²) < 4.78 is 5.02. The minimum absolute atomic E-state index is 0.217. The van der Waals surface area contributed by atoms with E-state index < -0.39 is 0 Å². The maximum absolute atomic E-state index is 11.4. The van der Waals surface area contributed by atoms with Crippen molar-refractivity contribution in [1.29, 1.82) is 0 Å². The van der Waals surface area contributed by atoms with E-state index in [0.717, 1.165) is 0 Å². The van der Waals surface area contributed by atoms with Crippen LogP contribution in [0.15, 0.2) is 4.99 Å². The molecule has 0 rings (SSSR count). The van der Waals surface area contributed by atoms with Gasteiger partial charge in [0.25, 0.3) is 0 Å². The fraction of sp³-hybridized carbons (Fsp3) is 0.750. The molecule has 0 aromatic heterocycles. The van der Waals surface area contributed by atoms with Crippen LogP contribution in [0.4, 0.5) is 4.79 Å². The van der Waals surface area contributed by atoms with E-state index in [-0.39, 0.29) is 17.6 Å². The maximum Gasteiger partial charge on any atom is 0.346 e. The summed E-state index contributed by atoms with van der Waals surface area (Å²) in [5.41, 5.74) is 0. The van der Waals surface area contributed by atoms with Gasteiger partial charge in [0.2, 0.25) is 0 Å². The molecule has 0 aromatic rings. The predicted molar refractivity (Wildman–Crippen MR) is 56.3 cm³/mol. The van der Waals surface area contributed by atoms with E-state index in [1.54, 1.807) is 20.8 Å². The molecule has 0 heterocycles. The number of ether oxygens (including phenoxy) is 1. The first-order chi connectivity index (χ1) is 6.04. The highest BCUT2D eigenvalue weighted by atomic mass is 32.1. The molecule has 0 saturated heterocycles. The number of carbonyl (C=O) groups is 1. The van der Waals surface area contributed by atoms with Crippen molar-refractivity contribution >= 4 is 24.9 Å². The van der Waals surface area contributed by atoms with Crippen LogP contribution in [0.25, 0.3) is 0 Å². The molecular formula is C8H16N2O2S. The van der Waals surface area contributed by atoms with E-state index in [1.165, 1.54) is 18.2 Å². The molecule has 0 aliphatic rings. The van der Waals surface area contributed by atoms with E-state index >= 15 is 0 Å². The molecule has 2 amide bonds. The second-order valence-corrected chi connectivity index (χ2v) is 3.29. The summed E-state index contributed by atoms with van der Waals surface area (Å²) in [5.74, 6) is 0. The molecule has 0 radical (unpaired) electrons. The van der Waals surface area contributed by atoms with Gasteiger partial charge in [0.05, 0.1) is 5.37 Å². The second kappa shape index (κ2) is 5.99. The van der Waals surface area contributed by atoms with Crippen LogP contribution in [0.3, 0.4) is 0 Å². The Morgan fingerprint density at radius 2 is 2.15 bits per heavy atom. The molecule has 0 bridgehead atoms. The standard InChI is InChI=1S/C8H16N2O2S/c1-5-9-8(11)10(7(3)13)6(2)12-4/h5-7,13H,1-4H3/b9-5+. The lowest BCUT2D eigenvalue weighted by Gasteiger charge is -2.28. The number of urea groups is 1. The Balaban J connectivity index is 4.50. The number of hydrogen-bond donors (Lipinski definition) is 1. The smallest absolute Gasteiger partial charge is 0.346 e. The lowest BCUT2D eigenvalue weighted by atomic mass is 10.5. The highest BCUT2D eigenvalue weighted by molar-refractivity contribution is 7.80. The van der Waals surface area contributed by atoms with Crippen molar-refractivity contribution in [2.75, 3.05) is 7.11 Å². The molecule has 5 heteroatoms. The molecule has 0 spiro atoms. The molecule has 0 aliphatic heterocycles. The Bertz CT molecular complexity index is 195. The van der Waals surface area contributed by atoms with Gasteiger partial charge in [-0.2, -0.15) is 12.6 Å². The number of carbonyl (C=O) groups excluding carboxylic acids is 1. The van der Waals surface area contributed by atoms with Crippen LogP contribution in [-0.4, -0.2) is 35.9 Å². The molecule has 0 aromatic carbocycles. The first-order valence-electron chi connectivity index (χ1n) is 4.06. The van der Waals surface area contributed by atoms with Gasteiger partial charge >= 0.3 is 6.03 Å². The van der Waals surface area contributed by atoms with E-state index in [9.17, 15) is 4.79 Å². The predicted octanol–water partition coefficient (Wildman–Crippen LogP) is 1.77. The molecule has 0 aliphatic carbocycles. The van der Waals surface area contributed by atoms with Crippen molar-refractivity contribution in [1.82, 2.24) is 4.90 Å². The number of aliphatic imine (C=N–C) groups is 1. The summed E-state index contributed by atoms with van der Waals surface area (Å²) in [5, 5.41) is -0.217. The quantitative estimate of drug-likeness (QED) is 0.432. The number of thiol groups is 1. The Hall–Kier alpha value is -0.550. The first-order valence-corrected chi connectivity index (χ1v) is 4.58.